The number of amides is 1. The van der Waals surface area contributed by atoms with Gasteiger partial charge in [-0.2, -0.15) is 0 Å². The van der Waals surface area contributed by atoms with E-state index in [0.29, 0.717) is 0 Å². The van der Waals surface area contributed by atoms with Gasteiger partial charge >= 0.3 is 0 Å². The summed E-state index contributed by atoms with van der Waals surface area (Å²) in [7, 11) is 0. The summed E-state index contributed by atoms with van der Waals surface area (Å²) in [4.78, 5) is 16.7. The molecule has 1 aromatic carbocycles. The Balaban J connectivity index is 2.06. The van der Waals surface area contributed by atoms with E-state index in [1.807, 2.05) is 59.1 Å². The van der Waals surface area contributed by atoms with E-state index in [0.717, 1.165) is 22.6 Å². The van der Waals surface area contributed by atoms with Crippen molar-refractivity contribution in [2.45, 2.75) is 6.42 Å². The van der Waals surface area contributed by atoms with Gasteiger partial charge in [0.2, 0.25) is 5.91 Å². The molecular weight excluding hydrogens is 274 g/mol. The van der Waals surface area contributed by atoms with E-state index in [-0.39, 0.29) is 18.9 Å². The highest BCUT2D eigenvalue weighted by Gasteiger charge is 2.16. The largest absolute Gasteiger partial charge is 0.345 e. The molecule has 1 amide bonds. The molecule has 0 radical (unpaired) electrons. The van der Waals surface area contributed by atoms with Gasteiger partial charge in [0, 0.05) is 11.8 Å². The van der Waals surface area contributed by atoms with E-state index in [2.05, 4.69) is 16.2 Å². The zero-order valence-corrected chi connectivity index (χ0v) is 12.0. The third kappa shape index (κ3) is 2.70. The lowest BCUT2D eigenvalue weighted by atomic mass is 10.1. The minimum Gasteiger partial charge on any atom is -0.345 e. The van der Waals surface area contributed by atoms with E-state index in [9.17, 15) is 4.79 Å². The highest BCUT2D eigenvalue weighted by molar-refractivity contribution is 5.81. The number of carbonyl (C=O) groups is 1. The van der Waals surface area contributed by atoms with Crippen LogP contribution in [0, 0.1) is 12.3 Å². The molecule has 108 valence electrons. The maximum absolute atomic E-state index is 12.0. The van der Waals surface area contributed by atoms with E-state index in [1.165, 1.54) is 0 Å². The molecule has 2 aromatic heterocycles. The van der Waals surface area contributed by atoms with Crippen molar-refractivity contribution < 1.29 is 4.79 Å². The van der Waals surface area contributed by atoms with E-state index >= 15 is 0 Å². The Kier molecular flexibility index (Phi) is 3.88. The lowest BCUT2D eigenvalue weighted by Gasteiger charge is -2.05. The minimum absolute atomic E-state index is 0.110. The van der Waals surface area contributed by atoms with Crippen LogP contribution in [0.25, 0.3) is 16.9 Å². The summed E-state index contributed by atoms with van der Waals surface area (Å²) in [5.41, 5.74) is 3.49. The van der Waals surface area contributed by atoms with Crippen LogP contribution in [-0.4, -0.2) is 21.8 Å². The van der Waals surface area contributed by atoms with Gasteiger partial charge in [-0.1, -0.05) is 42.3 Å². The molecule has 0 aliphatic carbocycles. The van der Waals surface area contributed by atoms with Crippen molar-refractivity contribution in [1.29, 1.82) is 0 Å². The summed E-state index contributed by atoms with van der Waals surface area (Å²) in [6, 6.07) is 15.6. The van der Waals surface area contributed by atoms with Crippen LogP contribution < -0.4 is 5.32 Å². The Bertz CT molecular complexity index is 844. The maximum atomic E-state index is 12.0. The number of pyridine rings is 1. The Morgan fingerprint density at radius 2 is 1.95 bits per heavy atom. The van der Waals surface area contributed by atoms with Gasteiger partial charge < -0.3 is 9.72 Å². The summed E-state index contributed by atoms with van der Waals surface area (Å²) in [5.74, 6) is 2.30. The second-order valence-electron chi connectivity index (χ2n) is 4.86. The monoisotopic (exact) mass is 289 g/mol. The Morgan fingerprint density at radius 1 is 1.18 bits per heavy atom. The van der Waals surface area contributed by atoms with Crippen molar-refractivity contribution >= 4 is 11.6 Å². The van der Waals surface area contributed by atoms with Gasteiger partial charge in [-0.25, -0.2) is 4.98 Å². The molecule has 0 bridgehead atoms. The summed E-state index contributed by atoms with van der Waals surface area (Å²) in [6.07, 6.45) is 7.33. The molecule has 0 fully saturated rings. The van der Waals surface area contributed by atoms with Gasteiger partial charge in [0.05, 0.1) is 24.4 Å². The van der Waals surface area contributed by atoms with E-state index in [4.69, 9.17) is 6.42 Å². The van der Waals surface area contributed by atoms with Gasteiger partial charge in [-0.3, -0.25) is 4.79 Å². The Morgan fingerprint density at radius 3 is 2.73 bits per heavy atom. The first-order valence-corrected chi connectivity index (χ1v) is 7.01. The van der Waals surface area contributed by atoms with E-state index in [1.54, 1.807) is 0 Å². The van der Waals surface area contributed by atoms with Crippen molar-refractivity contribution in [2.24, 2.45) is 0 Å². The van der Waals surface area contributed by atoms with Crippen molar-refractivity contribution in [3.05, 3.63) is 60.4 Å². The van der Waals surface area contributed by atoms with Crippen molar-refractivity contribution in [3.8, 4) is 23.6 Å². The lowest BCUT2D eigenvalue weighted by Crippen LogP contribution is -2.26. The quantitative estimate of drug-likeness (QED) is 0.749. The number of fused-ring (bicyclic) bond motifs is 1. The summed E-state index contributed by atoms with van der Waals surface area (Å²) < 4.78 is 1.94. The molecule has 0 spiro atoms. The first-order valence-electron chi connectivity index (χ1n) is 7.01. The summed E-state index contributed by atoms with van der Waals surface area (Å²) in [5, 5.41) is 2.70. The molecule has 1 N–H and O–H groups in total. The van der Waals surface area contributed by atoms with Crippen LogP contribution in [0.5, 0.6) is 0 Å². The number of hydrogen-bond donors (Lipinski definition) is 1. The topological polar surface area (TPSA) is 46.4 Å². The normalized spacial score (nSPS) is 10.3. The molecule has 3 rings (SSSR count). The first kappa shape index (κ1) is 13.9. The fourth-order valence-electron chi connectivity index (χ4n) is 2.41. The van der Waals surface area contributed by atoms with Crippen LogP contribution in [0.2, 0.25) is 0 Å². The second kappa shape index (κ2) is 6.15. The molecule has 3 aromatic rings. The zero-order valence-electron chi connectivity index (χ0n) is 12.0. The number of carbonyl (C=O) groups excluding carboxylic acids is 1. The average Bonchev–Trinajstić information content (AvgIpc) is 2.92. The fraction of sp³-hybridized carbons (Fsp3) is 0.111. The van der Waals surface area contributed by atoms with E-state index < -0.39 is 0 Å². The molecule has 0 saturated heterocycles. The average molecular weight is 289 g/mol. The SMILES string of the molecule is C#CCNC(=O)Cc1c(-c2ccccc2)nc2ccccn12. The van der Waals surface area contributed by atoms with Gasteiger partial charge in [-0.15, -0.1) is 6.42 Å². The fourth-order valence-corrected chi connectivity index (χ4v) is 2.41. The van der Waals surface area contributed by atoms with Crippen LogP contribution in [0.3, 0.4) is 0 Å². The van der Waals surface area contributed by atoms with Gasteiger partial charge in [0.25, 0.3) is 0 Å². The van der Waals surface area contributed by atoms with Crippen LogP contribution in [-0.2, 0) is 11.2 Å². The lowest BCUT2D eigenvalue weighted by molar-refractivity contribution is -0.120. The molecule has 4 nitrogen and oxygen atoms in total. The first-order chi connectivity index (χ1) is 10.8. The van der Waals surface area contributed by atoms with Gasteiger partial charge in [0.1, 0.15) is 5.65 Å². The zero-order chi connectivity index (χ0) is 15.4. The number of nitrogens with one attached hydrogen (secondary N) is 1. The summed E-state index contributed by atoms with van der Waals surface area (Å²) in [6.45, 7) is 0.232. The molecule has 0 saturated carbocycles. The minimum atomic E-state index is -0.110. The van der Waals surface area contributed by atoms with Crippen molar-refractivity contribution in [1.82, 2.24) is 14.7 Å². The maximum Gasteiger partial charge on any atom is 0.226 e. The molecule has 4 heteroatoms. The number of benzene rings is 1. The molecule has 2 heterocycles. The van der Waals surface area contributed by atoms with Crippen LogP contribution in [0.4, 0.5) is 0 Å². The molecule has 0 unspecified atom stereocenters. The number of nitrogens with zero attached hydrogens (tertiary/aromatic N) is 2. The number of rotatable bonds is 4. The molecule has 22 heavy (non-hydrogen) atoms. The molecule has 0 atom stereocenters. The van der Waals surface area contributed by atoms with Gasteiger partial charge in [-0.05, 0) is 12.1 Å². The number of imidazole rings is 1. The number of aromatic nitrogens is 2. The summed E-state index contributed by atoms with van der Waals surface area (Å²) >= 11 is 0. The molecular formula is C18H15N3O. The third-order valence-corrected chi connectivity index (χ3v) is 3.39. The standard InChI is InChI=1S/C18H15N3O/c1-2-11-19-17(22)13-15-18(14-8-4-3-5-9-14)20-16-10-6-7-12-21(15)16/h1,3-10,12H,11,13H2,(H,19,22). The number of hydrogen-bond acceptors (Lipinski definition) is 2. The highest BCUT2D eigenvalue weighted by Crippen LogP contribution is 2.24. The second-order valence-corrected chi connectivity index (χ2v) is 4.86. The predicted molar refractivity (Wildman–Crippen MR) is 86.2 cm³/mol. The van der Waals surface area contributed by atoms with Crippen molar-refractivity contribution in [3.63, 3.8) is 0 Å². The van der Waals surface area contributed by atoms with Crippen molar-refractivity contribution in [2.75, 3.05) is 6.54 Å². The Labute approximate surface area is 128 Å². The number of terminal acetylenes is 1. The molecule has 0 aliphatic heterocycles. The van der Waals surface area contributed by atoms with Crippen LogP contribution in [0.1, 0.15) is 5.69 Å². The smallest absolute Gasteiger partial charge is 0.226 e. The van der Waals surface area contributed by atoms with Crippen LogP contribution >= 0.6 is 0 Å². The third-order valence-electron chi connectivity index (χ3n) is 3.39. The van der Waals surface area contributed by atoms with Crippen LogP contribution in [0.15, 0.2) is 54.7 Å². The highest BCUT2D eigenvalue weighted by atomic mass is 16.1. The molecule has 0 aliphatic rings. The van der Waals surface area contributed by atoms with Gasteiger partial charge in [0.15, 0.2) is 0 Å². The predicted octanol–water partition coefficient (Wildman–Crippen LogP) is 2.29. The Hall–Kier alpha value is -3.06.